The summed E-state index contributed by atoms with van der Waals surface area (Å²) in [4.78, 5) is 81.9. The Bertz CT molecular complexity index is 2120. The summed E-state index contributed by atoms with van der Waals surface area (Å²) in [5.41, 5.74) is 7.06. The molecular weight excluding hydrogens is 885 g/mol. The average molecular weight is 969 g/mol. The van der Waals surface area contributed by atoms with Gasteiger partial charge in [0.1, 0.15) is 30.2 Å². The summed E-state index contributed by atoms with van der Waals surface area (Å²) in [7, 11) is 0. The van der Waals surface area contributed by atoms with E-state index in [1.165, 1.54) is 6.92 Å². The van der Waals surface area contributed by atoms with Crippen LogP contribution < -0.4 is 32.3 Å². The molecule has 4 fully saturated rings. The van der Waals surface area contributed by atoms with Crippen molar-refractivity contribution in [1.82, 2.24) is 26.6 Å². The van der Waals surface area contributed by atoms with Crippen LogP contribution >= 0.6 is 0 Å². The van der Waals surface area contributed by atoms with Crippen LogP contribution in [0.5, 0.6) is 0 Å². The molecule has 15 atom stereocenters. The van der Waals surface area contributed by atoms with Crippen molar-refractivity contribution in [2.45, 2.75) is 181 Å². The predicted octanol–water partition coefficient (Wildman–Crippen LogP) is 5.51. The molecule has 4 saturated carbocycles. The van der Waals surface area contributed by atoms with Gasteiger partial charge in [-0.1, -0.05) is 116 Å². The molecule has 2 unspecified atom stereocenters. The summed E-state index contributed by atoms with van der Waals surface area (Å²) in [6.07, 6.45) is 8.69. The Balaban J connectivity index is 1.09. The van der Waals surface area contributed by atoms with Crippen molar-refractivity contribution < 1.29 is 39.0 Å². The van der Waals surface area contributed by atoms with Crippen molar-refractivity contribution in [2.75, 3.05) is 0 Å². The summed E-state index contributed by atoms with van der Waals surface area (Å²) in [6, 6.07) is 13.0. The number of nitrogens with one attached hydrogen (secondary N) is 5. The van der Waals surface area contributed by atoms with Crippen LogP contribution in [0.25, 0.3) is 0 Å². The molecule has 2 aromatic carbocycles. The van der Waals surface area contributed by atoms with Gasteiger partial charge in [0.05, 0.1) is 12.2 Å². The molecule has 0 heterocycles. The van der Waals surface area contributed by atoms with Gasteiger partial charge in [0.25, 0.3) is 0 Å². The number of hydrogen-bond donors (Lipinski definition) is 8. The van der Waals surface area contributed by atoms with Gasteiger partial charge in [-0.2, -0.15) is 0 Å². The van der Waals surface area contributed by atoms with Crippen LogP contribution in [0.4, 0.5) is 0 Å². The second-order valence-electron chi connectivity index (χ2n) is 23.0. The molecule has 0 aliphatic heterocycles. The van der Waals surface area contributed by atoms with E-state index < -0.39 is 71.8 Å². The number of amides is 6. The minimum absolute atomic E-state index is 0.0438. The van der Waals surface area contributed by atoms with Crippen LogP contribution in [-0.2, 0) is 41.6 Å². The van der Waals surface area contributed by atoms with Crippen LogP contribution in [0.15, 0.2) is 60.7 Å². The summed E-state index contributed by atoms with van der Waals surface area (Å²) < 4.78 is 0. The highest BCUT2D eigenvalue weighted by molar-refractivity contribution is 5.96. The maximum atomic E-state index is 14.3. The third-order valence-corrected chi connectivity index (χ3v) is 17.5. The predicted molar refractivity (Wildman–Crippen MR) is 270 cm³/mol. The molecule has 2 aromatic rings. The SMILES string of the molecule is CC(C)C[C@@H](NC(=O)CCC(C)[C@H]1CC[C@H]2[C@@H]3[C@H](O)CC4[C@H](O)CCC[C@]4(C)[C@H]3CC[C@]12C)C(=O)N[C@@H](C(=O)N[C@H](Cc1ccccc1)C(=O)N[C@H](Cc1ccccc1)C(=O)N[C@H](C)C(N)=O)C(C)C. The number of aliphatic hydroxyl groups is 2. The lowest BCUT2D eigenvalue weighted by atomic mass is 9.43. The van der Waals surface area contributed by atoms with Crippen molar-refractivity contribution in [2.24, 2.45) is 63.9 Å². The monoisotopic (exact) mass is 969 g/mol. The maximum absolute atomic E-state index is 14.3. The fourth-order valence-corrected chi connectivity index (χ4v) is 13.7. The lowest BCUT2D eigenvalue weighted by molar-refractivity contribution is -0.187. The Kier molecular flexibility index (Phi) is 18.4. The molecule has 0 aromatic heterocycles. The topological polar surface area (TPSA) is 229 Å². The molecule has 14 heteroatoms. The van der Waals surface area contributed by atoms with Gasteiger partial charge in [-0.05, 0) is 134 Å². The van der Waals surface area contributed by atoms with Gasteiger partial charge in [-0.15, -0.1) is 0 Å². The number of benzene rings is 2. The number of hydrogen-bond acceptors (Lipinski definition) is 8. The average Bonchev–Trinajstić information content (AvgIpc) is 3.67. The molecule has 0 bridgehead atoms. The van der Waals surface area contributed by atoms with Crippen molar-refractivity contribution >= 4 is 35.4 Å². The van der Waals surface area contributed by atoms with Crippen molar-refractivity contribution in [3.05, 3.63) is 71.8 Å². The lowest BCUT2D eigenvalue weighted by Gasteiger charge is -2.62. The zero-order valence-electron chi connectivity index (χ0n) is 43.0. The quantitative estimate of drug-likeness (QED) is 0.0794. The van der Waals surface area contributed by atoms with E-state index in [-0.39, 0.29) is 65.8 Å². The van der Waals surface area contributed by atoms with Crippen LogP contribution in [0.3, 0.4) is 0 Å². The Morgan fingerprint density at radius 3 is 1.76 bits per heavy atom. The molecule has 0 radical (unpaired) electrons. The number of carbonyl (C=O) groups is 6. The zero-order valence-corrected chi connectivity index (χ0v) is 43.0. The van der Waals surface area contributed by atoms with Crippen molar-refractivity contribution in [3.8, 4) is 0 Å². The van der Waals surface area contributed by atoms with E-state index >= 15 is 0 Å². The van der Waals surface area contributed by atoms with Crippen LogP contribution in [0.1, 0.15) is 137 Å². The van der Waals surface area contributed by atoms with E-state index in [9.17, 15) is 39.0 Å². The van der Waals surface area contributed by atoms with E-state index in [0.29, 0.717) is 37.0 Å². The van der Waals surface area contributed by atoms with Crippen molar-refractivity contribution in [1.29, 1.82) is 0 Å². The van der Waals surface area contributed by atoms with Gasteiger partial charge in [-0.25, -0.2) is 0 Å². The number of rotatable bonds is 21. The molecular formula is C56H84N6O8. The maximum Gasteiger partial charge on any atom is 0.243 e. The van der Waals surface area contributed by atoms with E-state index in [0.717, 1.165) is 56.1 Å². The van der Waals surface area contributed by atoms with Crippen LogP contribution in [0, 0.1) is 58.2 Å². The summed E-state index contributed by atoms with van der Waals surface area (Å²) in [6.45, 7) is 16.1. The Morgan fingerprint density at radius 2 is 1.19 bits per heavy atom. The highest BCUT2D eigenvalue weighted by Crippen LogP contribution is 2.68. The smallest absolute Gasteiger partial charge is 0.243 e. The number of aliphatic hydroxyl groups excluding tert-OH is 2. The second kappa shape index (κ2) is 23.6. The van der Waals surface area contributed by atoms with Crippen molar-refractivity contribution in [3.63, 3.8) is 0 Å². The number of carbonyl (C=O) groups excluding carboxylic acids is 6. The molecule has 0 spiro atoms. The molecule has 386 valence electrons. The third kappa shape index (κ3) is 12.8. The minimum atomic E-state index is -1.16. The summed E-state index contributed by atoms with van der Waals surface area (Å²) in [5.74, 6) is -1.79. The minimum Gasteiger partial charge on any atom is -0.393 e. The first-order valence-corrected chi connectivity index (χ1v) is 26.4. The highest BCUT2D eigenvalue weighted by Gasteiger charge is 2.63. The van der Waals surface area contributed by atoms with Gasteiger partial charge in [0.15, 0.2) is 0 Å². The molecule has 14 nitrogen and oxygen atoms in total. The first-order valence-electron chi connectivity index (χ1n) is 26.4. The van der Waals surface area contributed by atoms with Crippen LogP contribution in [0.2, 0.25) is 0 Å². The fourth-order valence-electron chi connectivity index (χ4n) is 13.7. The molecule has 0 saturated heterocycles. The first-order chi connectivity index (χ1) is 33.1. The fraction of sp³-hybridized carbons (Fsp3) is 0.679. The molecule has 6 amide bonds. The molecule has 70 heavy (non-hydrogen) atoms. The largest absolute Gasteiger partial charge is 0.393 e. The summed E-state index contributed by atoms with van der Waals surface area (Å²) >= 11 is 0. The van der Waals surface area contributed by atoms with E-state index in [4.69, 9.17) is 5.73 Å². The molecule has 6 rings (SSSR count). The Labute approximate surface area is 416 Å². The van der Waals surface area contributed by atoms with Gasteiger partial charge >= 0.3 is 0 Å². The molecule has 4 aliphatic rings. The second-order valence-corrected chi connectivity index (χ2v) is 23.0. The normalized spacial score (nSPS) is 29.7. The highest BCUT2D eigenvalue weighted by atomic mass is 16.3. The van der Waals surface area contributed by atoms with Crippen LogP contribution in [-0.4, -0.2) is 88.1 Å². The Morgan fingerprint density at radius 1 is 0.629 bits per heavy atom. The summed E-state index contributed by atoms with van der Waals surface area (Å²) in [5, 5.41) is 36.9. The van der Waals surface area contributed by atoms with Gasteiger partial charge in [0.2, 0.25) is 35.4 Å². The number of fused-ring (bicyclic) bond motifs is 5. The molecule has 4 aliphatic carbocycles. The van der Waals surface area contributed by atoms with Gasteiger partial charge < -0.3 is 42.5 Å². The third-order valence-electron chi connectivity index (χ3n) is 17.5. The number of nitrogens with two attached hydrogens (primary N) is 1. The first kappa shape index (κ1) is 54.5. The van der Waals surface area contributed by atoms with E-state index in [1.54, 1.807) is 13.8 Å². The zero-order chi connectivity index (χ0) is 51.1. The number of primary amides is 1. The van der Waals surface area contributed by atoms with Gasteiger partial charge in [0, 0.05) is 19.3 Å². The van der Waals surface area contributed by atoms with E-state index in [2.05, 4.69) is 47.4 Å². The molecule has 9 N–H and O–H groups in total. The van der Waals surface area contributed by atoms with Gasteiger partial charge in [-0.3, -0.25) is 28.8 Å². The van der Waals surface area contributed by atoms with E-state index in [1.807, 2.05) is 74.5 Å². The standard InChI is InChI=1S/C56H84N6O8/c1-32(2)28-42(59-47(65)24-21-34(5)38-22-23-39-48-40(25-27-56(38,39)8)55(7)26-15-20-45(63)41(55)31-46(48)64)53(69)62-49(33(3)4)54(70)61-44(30-37-18-13-10-14-19-37)52(68)60-43(29-36-16-11-9-12-17-36)51(67)58-35(6)50(57)66/h9-14,16-19,32-35,38-46,48-49,63-64H,15,20-31H2,1-8H3,(H2,57,66)(H,58,67)(H,59,65)(H,60,68)(H,61,70)(H,62,69)/t34?,35-,38-,39+,40+,41?,42-,43-,44-,45-,46-,48+,49-,55-,56-/m1/s1. The lowest BCUT2D eigenvalue weighted by Crippen LogP contribution is -2.60. The Hall–Kier alpha value is -4.82.